The summed E-state index contributed by atoms with van der Waals surface area (Å²) in [5.41, 5.74) is 3.06. The number of nitrogens with zero attached hydrogens (tertiary/aromatic N) is 2. The molecule has 0 bridgehead atoms. The molecule has 3 aromatic rings. The van der Waals surface area contributed by atoms with E-state index in [1.54, 1.807) is 12.1 Å². The van der Waals surface area contributed by atoms with Crippen LogP contribution in [0, 0.1) is 12.1 Å². The number of aromatic nitrogens is 1. The van der Waals surface area contributed by atoms with Gasteiger partial charge in [0, 0.05) is 53.6 Å². The van der Waals surface area contributed by atoms with Crippen molar-refractivity contribution < 1.29 is 18.7 Å². The lowest BCUT2D eigenvalue weighted by atomic mass is 9.93. The second-order valence-corrected chi connectivity index (χ2v) is 9.96. The first-order valence-corrected chi connectivity index (χ1v) is 12.0. The number of benzene rings is 2. The molecule has 0 radical (unpaired) electrons. The minimum Gasteiger partial charge on any atom is -0.762 e. The van der Waals surface area contributed by atoms with Crippen LogP contribution in [0.3, 0.4) is 0 Å². The number of hydrogen-bond donors (Lipinski definition) is 1. The molecule has 0 amide bonds. The summed E-state index contributed by atoms with van der Waals surface area (Å²) in [4.78, 5) is 0. The molecule has 0 atom stereocenters. The van der Waals surface area contributed by atoms with Gasteiger partial charge in [0.25, 0.3) is 5.92 Å². The number of hydroxylamine groups is 2. The Kier molecular flexibility index (Phi) is 7.14. The summed E-state index contributed by atoms with van der Waals surface area (Å²) in [6.45, 7) is 2.73. The van der Waals surface area contributed by atoms with Crippen molar-refractivity contribution in [2.45, 2.75) is 64.0 Å². The van der Waals surface area contributed by atoms with E-state index in [0.29, 0.717) is 53.5 Å². The average Bonchev–Trinajstić information content (AvgIpc) is 3.09. The van der Waals surface area contributed by atoms with Crippen LogP contribution in [-0.2, 0) is 19.4 Å². The van der Waals surface area contributed by atoms with Gasteiger partial charge in [0.05, 0.1) is 11.1 Å². The molecule has 1 heterocycles. The Morgan fingerprint density at radius 2 is 1.85 bits per heavy atom. The molecule has 0 aliphatic heterocycles. The molecule has 1 fully saturated rings. The van der Waals surface area contributed by atoms with Gasteiger partial charge in [0.2, 0.25) is 0 Å². The molecule has 1 N–H and O–H groups in total. The summed E-state index contributed by atoms with van der Waals surface area (Å²) >= 11 is 13.2. The summed E-state index contributed by atoms with van der Waals surface area (Å²) in [6, 6.07) is 8.10. The van der Waals surface area contributed by atoms with Gasteiger partial charge < -0.3 is 19.7 Å². The first kappa shape index (κ1) is 25.2. The molecule has 4 rings (SSSR count). The van der Waals surface area contributed by atoms with Crippen LogP contribution in [0.2, 0.25) is 10.0 Å². The van der Waals surface area contributed by atoms with E-state index >= 15 is 0 Å². The molecule has 0 unspecified atom stereocenters. The minimum absolute atomic E-state index is 0.0206. The zero-order valence-electron chi connectivity index (χ0n) is 19.2. The molecule has 5 nitrogen and oxygen atoms in total. The van der Waals surface area contributed by atoms with E-state index in [1.165, 1.54) is 12.1 Å². The van der Waals surface area contributed by atoms with E-state index < -0.39 is 12.0 Å². The molecular weight excluding hydrogens is 485 g/mol. The first-order valence-electron chi connectivity index (χ1n) is 11.2. The van der Waals surface area contributed by atoms with Crippen LogP contribution < -0.4 is 4.74 Å². The summed E-state index contributed by atoms with van der Waals surface area (Å²) in [5, 5.41) is 22.1. The van der Waals surface area contributed by atoms with E-state index in [2.05, 4.69) is 0 Å². The Labute approximate surface area is 207 Å². The Morgan fingerprint density at radius 3 is 2.47 bits per heavy atom. The number of hydrogen-bond acceptors (Lipinski definition) is 4. The SMILES string of the molecule is Cc1cc(C(C)(F)F)cc2c1cc(Cc1c(Cl)ccc(OC3CCC(N([O-])O)CC3)c1Cl)n2C. The van der Waals surface area contributed by atoms with Gasteiger partial charge in [-0.25, -0.2) is 8.78 Å². The third kappa shape index (κ3) is 5.04. The highest BCUT2D eigenvalue weighted by molar-refractivity contribution is 6.37. The molecule has 1 saturated carbocycles. The van der Waals surface area contributed by atoms with E-state index in [4.69, 9.17) is 33.1 Å². The third-order valence-electron chi connectivity index (χ3n) is 6.73. The number of aryl methyl sites for hydroxylation is 2. The minimum atomic E-state index is -2.93. The van der Waals surface area contributed by atoms with E-state index in [9.17, 15) is 14.0 Å². The van der Waals surface area contributed by atoms with Crippen molar-refractivity contribution >= 4 is 34.1 Å². The van der Waals surface area contributed by atoms with Crippen LogP contribution in [0.25, 0.3) is 10.9 Å². The van der Waals surface area contributed by atoms with Crippen LogP contribution in [0.1, 0.15) is 55.0 Å². The van der Waals surface area contributed by atoms with Crippen molar-refractivity contribution in [3.8, 4) is 5.75 Å². The zero-order chi connectivity index (χ0) is 24.8. The Balaban J connectivity index is 1.61. The maximum atomic E-state index is 14.0. The van der Waals surface area contributed by atoms with Crippen molar-refractivity contribution in [3.05, 3.63) is 68.0 Å². The van der Waals surface area contributed by atoms with Crippen LogP contribution >= 0.6 is 23.2 Å². The van der Waals surface area contributed by atoms with Gasteiger partial charge in [-0.15, -0.1) is 0 Å². The van der Waals surface area contributed by atoms with Gasteiger partial charge >= 0.3 is 0 Å². The largest absolute Gasteiger partial charge is 0.762 e. The number of fused-ring (bicyclic) bond motifs is 1. The predicted octanol–water partition coefficient (Wildman–Crippen LogP) is 7.38. The maximum Gasteiger partial charge on any atom is 0.270 e. The topological polar surface area (TPSA) is 60.7 Å². The van der Waals surface area contributed by atoms with Crippen molar-refractivity contribution in [1.82, 2.24) is 9.79 Å². The van der Waals surface area contributed by atoms with Crippen molar-refractivity contribution in [2.24, 2.45) is 7.05 Å². The van der Waals surface area contributed by atoms with Gasteiger partial charge in [-0.1, -0.05) is 23.2 Å². The first-order chi connectivity index (χ1) is 16.0. The highest BCUT2D eigenvalue weighted by Crippen LogP contribution is 2.38. The maximum absolute atomic E-state index is 14.0. The fourth-order valence-corrected chi connectivity index (χ4v) is 5.21. The van der Waals surface area contributed by atoms with Crippen LogP contribution in [0.15, 0.2) is 30.3 Å². The number of rotatable bonds is 6. The molecule has 184 valence electrons. The predicted molar refractivity (Wildman–Crippen MR) is 130 cm³/mol. The summed E-state index contributed by atoms with van der Waals surface area (Å²) in [6.07, 6.45) is 2.63. The fourth-order valence-electron chi connectivity index (χ4n) is 4.66. The quantitative estimate of drug-likeness (QED) is 0.350. The molecule has 0 saturated heterocycles. The standard InChI is InChI=1S/C25H27Cl2F2N2O3/c1-14-10-15(25(2,28)29)11-22-19(14)12-17(30(22)3)13-20-21(26)8-9-23(24(20)27)34-18-6-4-16(5-7-18)31(32)33/h8-12,16,18,32H,4-7,13H2,1-3H3/q-1. The van der Waals surface area contributed by atoms with Crippen molar-refractivity contribution in [1.29, 1.82) is 0 Å². The Hall–Kier alpha value is -1.90. The Morgan fingerprint density at radius 1 is 1.18 bits per heavy atom. The number of halogens is 4. The molecule has 34 heavy (non-hydrogen) atoms. The zero-order valence-corrected chi connectivity index (χ0v) is 20.8. The van der Waals surface area contributed by atoms with E-state index in [-0.39, 0.29) is 16.9 Å². The lowest BCUT2D eigenvalue weighted by Crippen LogP contribution is -2.35. The van der Waals surface area contributed by atoms with Crippen molar-refractivity contribution in [3.63, 3.8) is 0 Å². The second-order valence-electron chi connectivity index (χ2n) is 9.17. The van der Waals surface area contributed by atoms with Gasteiger partial charge in [0.15, 0.2) is 0 Å². The van der Waals surface area contributed by atoms with Gasteiger partial charge in [-0.05, 0) is 74.1 Å². The molecule has 2 aromatic carbocycles. The lowest BCUT2D eigenvalue weighted by Gasteiger charge is -2.36. The summed E-state index contributed by atoms with van der Waals surface area (Å²) in [5.74, 6) is -2.42. The van der Waals surface area contributed by atoms with Crippen LogP contribution in [0.4, 0.5) is 8.78 Å². The van der Waals surface area contributed by atoms with Gasteiger partial charge in [-0.3, -0.25) is 5.23 Å². The number of ether oxygens (including phenoxy) is 1. The highest BCUT2D eigenvalue weighted by Gasteiger charge is 2.27. The molecule has 9 heteroatoms. The monoisotopic (exact) mass is 511 g/mol. The van der Waals surface area contributed by atoms with E-state index in [0.717, 1.165) is 29.1 Å². The summed E-state index contributed by atoms with van der Waals surface area (Å²) in [7, 11) is 1.84. The fraction of sp³-hybridized carbons (Fsp3) is 0.440. The van der Waals surface area contributed by atoms with Crippen molar-refractivity contribution in [2.75, 3.05) is 0 Å². The third-order valence-corrected chi connectivity index (χ3v) is 7.50. The van der Waals surface area contributed by atoms with Crippen LogP contribution in [0.5, 0.6) is 5.75 Å². The Bertz CT molecular complexity index is 1200. The molecule has 1 aromatic heterocycles. The van der Waals surface area contributed by atoms with Gasteiger partial charge in [-0.2, -0.15) is 0 Å². The normalized spacial score (nSPS) is 19.2. The smallest absolute Gasteiger partial charge is 0.270 e. The van der Waals surface area contributed by atoms with E-state index in [1.807, 2.05) is 24.6 Å². The lowest BCUT2D eigenvalue weighted by molar-refractivity contribution is -0.0947. The average molecular weight is 512 g/mol. The molecule has 1 aliphatic rings. The molecule has 1 aliphatic carbocycles. The molecular formula is C25H27Cl2F2N2O3-. The molecule has 0 spiro atoms. The second kappa shape index (κ2) is 9.63. The van der Waals surface area contributed by atoms with Crippen LogP contribution in [-0.4, -0.2) is 27.1 Å². The highest BCUT2D eigenvalue weighted by atomic mass is 35.5. The number of alkyl halides is 2. The summed E-state index contributed by atoms with van der Waals surface area (Å²) < 4.78 is 35.9. The van der Waals surface area contributed by atoms with Gasteiger partial charge in [0.1, 0.15) is 5.75 Å².